The smallest absolute Gasteiger partial charge is 0.352 e. The van der Waals surface area contributed by atoms with Crippen LogP contribution in [0.15, 0.2) is 23.3 Å². The monoisotopic (exact) mass is 328 g/mol. The lowest BCUT2D eigenvalue weighted by atomic mass is 10.1. The van der Waals surface area contributed by atoms with Crippen molar-refractivity contribution in [1.82, 2.24) is 25.2 Å². The average molecular weight is 328 g/mol. The third-order valence-electron chi connectivity index (χ3n) is 2.93. The molecule has 0 saturated heterocycles. The molecule has 2 aromatic heterocycles. The molecule has 2 heterocycles. The summed E-state index contributed by atoms with van der Waals surface area (Å²) in [5, 5.41) is 14.0. The molecule has 0 aliphatic carbocycles. The maximum Gasteiger partial charge on any atom is 0.417 e. The fourth-order valence-electron chi connectivity index (χ4n) is 1.92. The van der Waals surface area contributed by atoms with Crippen molar-refractivity contribution < 1.29 is 13.2 Å². The molecule has 0 fully saturated rings. The van der Waals surface area contributed by atoms with E-state index in [1.807, 2.05) is 20.8 Å². The summed E-state index contributed by atoms with van der Waals surface area (Å²) in [6, 6.07) is 2.28. The summed E-state index contributed by atoms with van der Waals surface area (Å²) in [6.45, 7) is 6.12. The highest BCUT2D eigenvalue weighted by atomic mass is 19.4. The van der Waals surface area contributed by atoms with Crippen molar-refractivity contribution in [2.24, 2.45) is 4.99 Å². The number of nitrogens with zero attached hydrogens (tertiary/aromatic N) is 4. The number of fused-ring (bicyclic) bond motifs is 1. The van der Waals surface area contributed by atoms with Crippen LogP contribution < -0.4 is 10.6 Å². The Morgan fingerprint density at radius 1 is 1.22 bits per heavy atom. The lowest BCUT2D eigenvalue weighted by Gasteiger charge is -2.23. The van der Waals surface area contributed by atoms with Gasteiger partial charge in [-0.3, -0.25) is 9.39 Å². The second-order valence-corrected chi connectivity index (χ2v) is 6.06. The third-order valence-corrected chi connectivity index (χ3v) is 2.93. The topological polar surface area (TPSA) is 66.6 Å². The van der Waals surface area contributed by atoms with Crippen LogP contribution in [0, 0.1) is 0 Å². The average Bonchev–Trinajstić information content (AvgIpc) is 2.83. The maximum atomic E-state index is 12.8. The molecule has 0 aliphatic heterocycles. The van der Waals surface area contributed by atoms with Gasteiger partial charge in [0.2, 0.25) is 0 Å². The largest absolute Gasteiger partial charge is 0.417 e. The van der Waals surface area contributed by atoms with E-state index >= 15 is 0 Å². The van der Waals surface area contributed by atoms with E-state index in [1.165, 1.54) is 10.5 Å². The Hall–Kier alpha value is -2.32. The molecule has 9 heteroatoms. The van der Waals surface area contributed by atoms with Gasteiger partial charge in [0.25, 0.3) is 0 Å². The molecule has 6 nitrogen and oxygen atoms in total. The number of pyridine rings is 1. The van der Waals surface area contributed by atoms with Crippen molar-refractivity contribution in [1.29, 1.82) is 0 Å². The molecule has 2 rings (SSSR count). The van der Waals surface area contributed by atoms with E-state index in [0.717, 1.165) is 12.3 Å². The maximum absolute atomic E-state index is 12.8. The minimum absolute atomic E-state index is 0.193. The second kappa shape index (κ2) is 6.05. The molecule has 0 unspecified atom stereocenters. The zero-order chi connectivity index (χ0) is 17.3. The van der Waals surface area contributed by atoms with E-state index in [0.29, 0.717) is 17.4 Å². The number of nitrogens with one attached hydrogen (secondary N) is 2. The summed E-state index contributed by atoms with van der Waals surface area (Å²) in [6.07, 6.45) is -3.42. The summed E-state index contributed by atoms with van der Waals surface area (Å²) >= 11 is 0. The number of alkyl halides is 3. The van der Waals surface area contributed by atoms with E-state index in [4.69, 9.17) is 0 Å². The molecule has 0 amide bonds. The predicted octanol–water partition coefficient (Wildman–Crippen LogP) is 2.21. The van der Waals surface area contributed by atoms with E-state index in [2.05, 4.69) is 25.8 Å². The quantitative estimate of drug-likeness (QED) is 0.655. The van der Waals surface area contributed by atoms with E-state index in [-0.39, 0.29) is 12.1 Å². The molecule has 0 radical (unpaired) electrons. The highest BCUT2D eigenvalue weighted by Gasteiger charge is 2.31. The SMILES string of the molecule is CN=C(NCc1nnc2ccc(C(F)(F)F)cn12)NC(C)(C)C. The first-order valence-corrected chi connectivity index (χ1v) is 7.00. The Balaban J connectivity index is 2.20. The molecule has 0 atom stereocenters. The van der Waals surface area contributed by atoms with E-state index in [9.17, 15) is 13.2 Å². The molecule has 0 aromatic carbocycles. The summed E-state index contributed by atoms with van der Waals surface area (Å²) in [4.78, 5) is 4.07. The second-order valence-electron chi connectivity index (χ2n) is 6.06. The van der Waals surface area contributed by atoms with Gasteiger partial charge in [0.15, 0.2) is 17.4 Å². The normalized spacial score (nSPS) is 13.4. The van der Waals surface area contributed by atoms with E-state index in [1.54, 1.807) is 7.05 Å². The minimum Gasteiger partial charge on any atom is -0.352 e. The first-order chi connectivity index (χ1) is 10.6. The highest BCUT2D eigenvalue weighted by molar-refractivity contribution is 5.80. The van der Waals surface area contributed by atoms with Gasteiger partial charge in [-0.25, -0.2) is 0 Å². The third kappa shape index (κ3) is 4.33. The fraction of sp³-hybridized carbons (Fsp3) is 0.500. The standard InChI is InChI=1S/C14H19F3N6/c1-13(2,3)20-12(18-4)19-7-11-22-21-10-6-5-9(8-23(10)11)14(15,16)17/h5-6,8H,7H2,1-4H3,(H2,18,19,20). The number of hydrogen-bond acceptors (Lipinski definition) is 3. The van der Waals surface area contributed by atoms with Crippen molar-refractivity contribution in [2.75, 3.05) is 7.05 Å². The van der Waals surface area contributed by atoms with Gasteiger partial charge in [-0.15, -0.1) is 10.2 Å². The molecular formula is C14H19F3N6. The molecule has 23 heavy (non-hydrogen) atoms. The molecule has 126 valence electrons. The van der Waals surface area contributed by atoms with Crippen molar-refractivity contribution >= 4 is 11.6 Å². The zero-order valence-electron chi connectivity index (χ0n) is 13.4. The molecule has 0 saturated carbocycles. The van der Waals surface area contributed by atoms with Gasteiger partial charge in [-0.05, 0) is 32.9 Å². The van der Waals surface area contributed by atoms with Gasteiger partial charge in [0, 0.05) is 18.8 Å². The van der Waals surface area contributed by atoms with Gasteiger partial charge in [-0.1, -0.05) is 0 Å². The Bertz CT molecular complexity index is 711. The van der Waals surface area contributed by atoms with Crippen LogP contribution in [0.4, 0.5) is 13.2 Å². The van der Waals surface area contributed by atoms with Gasteiger partial charge in [0.1, 0.15) is 0 Å². The van der Waals surface area contributed by atoms with Gasteiger partial charge < -0.3 is 10.6 Å². The summed E-state index contributed by atoms with van der Waals surface area (Å²) in [5.74, 6) is 0.893. The summed E-state index contributed by atoms with van der Waals surface area (Å²) < 4.78 is 39.7. The first-order valence-electron chi connectivity index (χ1n) is 7.00. The molecule has 0 bridgehead atoms. The van der Waals surface area contributed by atoms with Crippen LogP contribution in [0.25, 0.3) is 5.65 Å². The van der Waals surface area contributed by atoms with Crippen LogP contribution in [0.3, 0.4) is 0 Å². The van der Waals surface area contributed by atoms with Crippen LogP contribution >= 0.6 is 0 Å². The van der Waals surface area contributed by atoms with Crippen molar-refractivity contribution in [3.05, 3.63) is 29.7 Å². The Morgan fingerprint density at radius 2 is 1.91 bits per heavy atom. The number of aliphatic imine (C=N–C) groups is 1. The van der Waals surface area contributed by atoms with Crippen molar-refractivity contribution in [2.45, 2.75) is 39.0 Å². The van der Waals surface area contributed by atoms with Crippen LogP contribution in [-0.2, 0) is 12.7 Å². The molecular weight excluding hydrogens is 309 g/mol. The Kier molecular flexibility index (Phi) is 4.49. The van der Waals surface area contributed by atoms with Gasteiger partial charge in [-0.2, -0.15) is 13.2 Å². The lowest BCUT2D eigenvalue weighted by molar-refractivity contribution is -0.137. The predicted molar refractivity (Wildman–Crippen MR) is 81.1 cm³/mol. The number of hydrogen-bond donors (Lipinski definition) is 2. The molecule has 0 aliphatic rings. The van der Waals surface area contributed by atoms with E-state index < -0.39 is 11.7 Å². The van der Waals surface area contributed by atoms with Crippen LogP contribution in [-0.4, -0.2) is 33.1 Å². The number of halogens is 3. The Labute approximate surface area is 131 Å². The number of aromatic nitrogens is 3. The fourth-order valence-corrected chi connectivity index (χ4v) is 1.92. The van der Waals surface area contributed by atoms with Crippen LogP contribution in [0.2, 0.25) is 0 Å². The van der Waals surface area contributed by atoms with Crippen molar-refractivity contribution in [3.8, 4) is 0 Å². The highest BCUT2D eigenvalue weighted by Crippen LogP contribution is 2.29. The molecule has 2 N–H and O–H groups in total. The summed E-state index contributed by atoms with van der Waals surface area (Å²) in [5.41, 5.74) is -0.588. The van der Waals surface area contributed by atoms with Gasteiger partial charge >= 0.3 is 6.18 Å². The first kappa shape index (κ1) is 17.0. The molecule has 0 spiro atoms. The molecule has 2 aromatic rings. The van der Waals surface area contributed by atoms with Crippen LogP contribution in [0.5, 0.6) is 0 Å². The zero-order valence-corrected chi connectivity index (χ0v) is 13.4. The Morgan fingerprint density at radius 3 is 2.48 bits per heavy atom. The van der Waals surface area contributed by atoms with Crippen LogP contribution in [0.1, 0.15) is 32.2 Å². The summed E-state index contributed by atoms with van der Waals surface area (Å²) in [7, 11) is 1.62. The van der Waals surface area contributed by atoms with Crippen molar-refractivity contribution in [3.63, 3.8) is 0 Å². The lowest BCUT2D eigenvalue weighted by Crippen LogP contribution is -2.47. The minimum atomic E-state index is -4.41. The number of rotatable bonds is 2. The number of guanidine groups is 1. The van der Waals surface area contributed by atoms with Gasteiger partial charge in [0.05, 0.1) is 12.1 Å².